The van der Waals surface area contributed by atoms with Crippen molar-refractivity contribution in [2.45, 2.75) is 25.9 Å². The summed E-state index contributed by atoms with van der Waals surface area (Å²) in [5.41, 5.74) is 8.32. The lowest BCUT2D eigenvalue weighted by Crippen LogP contribution is -2.33. The Morgan fingerprint density at radius 1 is 0.735 bits per heavy atom. The van der Waals surface area contributed by atoms with Gasteiger partial charge in [0.05, 0.1) is 5.56 Å². The van der Waals surface area contributed by atoms with Crippen molar-refractivity contribution in [2.24, 2.45) is 0 Å². The van der Waals surface area contributed by atoms with Gasteiger partial charge in [0.25, 0.3) is 0 Å². The molecule has 0 atom stereocenters. The van der Waals surface area contributed by atoms with E-state index in [9.17, 15) is 5.26 Å². The molecule has 5 aromatic rings. The second kappa shape index (κ2) is 7.39. The minimum Gasteiger partial charge on any atom is -0.358 e. The molecule has 0 aliphatic carbocycles. The first kappa shape index (κ1) is 19.2. The van der Waals surface area contributed by atoms with Gasteiger partial charge in [0, 0.05) is 83.3 Å². The summed E-state index contributed by atoms with van der Waals surface area (Å²) in [6, 6.07) is 23.3. The summed E-state index contributed by atoms with van der Waals surface area (Å²) in [4.78, 5) is 16.9. The minimum absolute atomic E-state index is 0.636. The summed E-state index contributed by atoms with van der Waals surface area (Å²) in [7, 11) is 0. The molecule has 0 saturated heterocycles. The summed E-state index contributed by atoms with van der Waals surface area (Å²) < 4.78 is 0. The fourth-order valence-electron chi connectivity index (χ4n) is 5.65. The lowest BCUT2D eigenvalue weighted by atomic mass is 10.0. The van der Waals surface area contributed by atoms with Gasteiger partial charge in [-0.2, -0.15) is 5.26 Å². The van der Waals surface area contributed by atoms with Crippen LogP contribution in [0.2, 0.25) is 0 Å². The molecule has 7 rings (SSSR count). The molecule has 166 valence electrons. The predicted molar refractivity (Wildman–Crippen MR) is 135 cm³/mol. The van der Waals surface area contributed by atoms with E-state index in [1.165, 1.54) is 44.3 Å². The summed E-state index contributed by atoms with van der Waals surface area (Å²) in [5.74, 6) is 1.73. The Hall–Kier alpha value is -4.24. The molecule has 0 fully saturated rings. The smallest absolute Gasteiger partial charge is 0.149 e. The molecule has 0 saturated carbocycles. The minimum atomic E-state index is 0.636. The van der Waals surface area contributed by atoms with Crippen LogP contribution in [-0.2, 0) is 25.9 Å². The number of nitrogens with one attached hydrogen (secondary N) is 2. The number of fused-ring (bicyclic) bond motifs is 6. The van der Waals surface area contributed by atoms with Gasteiger partial charge in [-0.1, -0.05) is 36.4 Å². The van der Waals surface area contributed by atoms with Crippen LogP contribution in [0.3, 0.4) is 0 Å². The summed E-state index contributed by atoms with van der Waals surface area (Å²) >= 11 is 0. The zero-order valence-corrected chi connectivity index (χ0v) is 18.8. The molecule has 6 heteroatoms. The first-order valence-corrected chi connectivity index (χ1v) is 11.9. The first-order valence-electron chi connectivity index (χ1n) is 11.9. The van der Waals surface area contributed by atoms with E-state index in [0.29, 0.717) is 5.56 Å². The molecule has 2 aromatic carbocycles. The van der Waals surface area contributed by atoms with E-state index in [4.69, 9.17) is 4.98 Å². The van der Waals surface area contributed by atoms with Crippen LogP contribution in [-0.4, -0.2) is 28.0 Å². The third kappa shape index (κ3) is 2.90. The summed E-state index contributed by atoms with van der Waals surface area (Å²) in [5, 5.41) is 12.4. The van der Waals surface area contributed by atoms with E-state index >= 15 is 0 Å². The largest absolute Gasteiger partial charge is 0.358 e. The molecular weight excluding hydrogens is 420 g/mol. The molecule has 0 spiro atoms. The van der Waals surface area contributed by atoms with Gasteiger partial charge in [0.15, 0.2) is 0 Å². The molecule has 2 N–H and O–H groups in total. The molecule has 0 radical (unpaired) electrons. The molecule has 0 bridgehead atoms. The average Bonchev–Trinajstić information content (AvgIpc) is 3.45. The fraction of sp³-hybridized carbons (Fsp3) is 0.214. The van der Waals surface area contributed by atoms with Gasteiger partial charge in [0.1, 0.15) is 17.7 Å². The Balaban J connectivity index is 1.24. The number of aromatic amines is 2. The Morgan fingerprint density at radius 3 is 1.97 bits per heavy atom. The van der Waals surface area contributed by atoms with E-state index in [0.717, 1.165) is 50.7 Å². The third-order valence-corrected chi connectivity index (χ3v) is 7.37. The van der Waals surface area contributed by atoms with Crippen LogP contribution >= 0.6 is 0 Å². The fourth-order valence-corrected chi connectivity index (χ4v) is 5.65. The van der Waals surface area contributed by atoms with Crippen LogP contribution in [0.1, 0.15) is 28.1 Å². The number of para-hydroxylation sites is 2. The zero-order chi connectivity index (χ0) is 22.6. The highest BCUT2D eigenvalue weighted by atomic mass is 15.3. The maximum atomic E-state index is 9.86. The molecule has 5 heterocycles. The van der Waals surface area contributed by atoms with E-state index in [1.54, 1.807) is 0 Å². The van der Waals surface area contributed by atoms with E-state index < -0.39 is 0 Å². The molecule has 2 aliphatic rings. The monoisotopic (exact) mass is 444 g/mol. The molecule has 0 amide bonds. The Kier molecular flexibility index (Phi) is 4.18. The predicted octanol–water partition coefficient (Wildman–Crippen LogP) is 5.04. The van der Waals surface area contributed by atoms with Crippen molar-refractivity contribution in [3.05, 3.63) is 88.7 Å². The standard InChI is InChI=1S/C28H24N6/c29-15-18-9-10-27(33-13-11-25-21(16-33)19-5-1-3-7-23(19)30-25)32-28(18)34-14-12-26-22(17-34)20-6-2-4-8-24(20)31-26/h1-10,30-31H,11-14,16-17H2. The van der Waals surface area contributed by atoms with Crippen LogP contribution in [0.15, 0.2) is 60.7 Å². The third-order valence-electron chi connectivity index (χ3n) is 7.37. The van der Waals surface area contributed by atoms with Gasteiger partial charge in [-0.25, -0.2) is 4.98 Å². The average molecular weight is 445 g/mol. The van der Waals surface area contributed by atoms with Gasteiger partial charge in [0.2, 0.25) is 0 Å². The Bertz CT molecular complexity index is 1600. The number of benzene rings is 2. The molecule has 34 heavy (non-hydrogen) atoms. The van der Waals surface area contributed by atoms with Crippen molar-refractivity contribution < 1.29 is 0 Å². The molecule has 0 unspecified atom stereocenters. The van der Waals surface area contributed by atoms with Crippen molar-refractivity contribution in [1.82, 2.24) is 15.0 Å². The van der Waals surface area contributed by atoms with Crippen LogP contribution in [0, 0.1) is 11.3 Å². The van der Waals surface area contributed by atoms with Crippen molar-refractivity contribution in [3.63, 3.8) is 0 Å². The van der Waals surface area contributed by atoms with Gasteiger partial charge in [-0.15, -0.1) is 0 Å². The van der Waals surface area contributed by atoms with Crippen molar-refractivity contribution in [1.29, 1.82) is 5.26 Å². The maximum absolute atomic E-state index is 9.86. The highest BCUT2D eigenvalue weighted by Crippen LogP contribution is 2.34. The lowest BCUT2D eigenvalue weighted by molar-refractivity contribution is 0.698. The highest BCUT2D eigenvalue weighted by Gasteiger charge is 2.26. The maximum Gasteiger partial charge on any atom is 0.149 e. The van der Waals surface area contributed by atoms with E-state index in [2.05, 4.69) is 74.4 Å². The number of nitriles is 1. The number of H-pyrrole nitrogens is 2. The lowest BCUT2D eigenvalue weighted by Gasteiger charge is -2.32. The second-order valence-electron chi connectivity index (χ2n) is 9.25. The van der Waals surface area contributed by atoms with Gasteiger partial charge < -0.3 is 19.8 Å². The Morgan fingerprint density at radius 2 is 1.32 bits per heavy atom. The first-order chi connectivity index (χ1) is 16.8. The SMILES string of the molecule is N#Cc1ccc(N2CCc3[nH]c4ccccc4c3C2)nc1N1CCc2[nH]c3ccccc3c2C1. The van der Waals surface area contributed by atoms with Crippen LogP contribution < -0.4 is 9.80 Å². The van der Waals surface area contributed by atoms with Crippen LogP contribution in [0.5, 0.6) is 0 Å². The van der Waals surface area contributed by atoms with Crippen molar-refractivity contribution in [3.8, 4) is 6.07 Å². The van der Waals surface area contributed by atoms with Crippen molar-refractivity contribution >= 4 is 33.4 Å². The van der Waals surface area contributed by atoms with Gasteiger partial charge >= 0.3 is 0 Å². The second-order valence-corrected chi connectivity index (χ2v) is 9.25. The van der Waals surface area contributed by atoms with Gasteiger partial charge in [-0.05, 0) is 24.3 Å². The normalized spacial score (nSPS) is 15.4. The Labute approximate surface area is 197 Å². The van der Waals surface area contributed by atoms with Gasteiger partial charge in [-0.3, -0.25) is 0 Å². The molecular formula is C28H24N6. The topological polar surface area (TPSA) is 74.7 Å². The number of anilines is 2. The van der Waals surface area contributed by atoms with Crippen LogP contribution in [0.25, 0.3) is 21.8 Å². The summed E-state index contributed by atoms with van der Waals surface area (Å²) in [6.07, 6.45) is 1.88. The van der Waals surface area contributed by atoms with Crippen molar-refractivity contribution in [2.75, 3.05) is 22.9 Å². The summed E-state index contributed by atoms with van der Waals surface area (Å²) in [6.45, 7) is 3.34. The number of hydrogen-bond acceptors (Lipinski definition) is 4. The zero-order valence-electron chi connectivity index (χ0n) is 18.8. The number of nitrogens with zero attached hydrogens (tertiary/aromatic N) is 4. The quantitative estimate of drug-likeness (QED) is 0.400. The number of hydrogen-bond donors (Lipinski definition) is 2. The number of rotatable bonds is 2. The highest BCUT2D eigenvalue weighted by molar-refractivity contribution is 5.86. The van der Waals surface area contributed by atoms with E-state index in [-0.39, 0.29) is 0 Å². The molecule has 6 nitrogen and oxygen atoms in total. The molecule has 3 aromatic heterocycles. The molecule has 2 aliphatic heterocycles. The van der Waals surface area contributed by atoms with E-state index in [1.807, 2.05) is 12.1 Å². The number of pyridine rings is 1. The van der Waals surface area contributed by atoms with Crippen LogP contribution in [0.4, 0.5) is 11.6 Å². The number of aromatic nitrogens is 3.